The number of nitrogens with zero attached hydrogens (tertiary/aromatic N) is 2. The molecule has 0 bridgehead atoms. The van der Waals surface area contributed by atoms with Gasteiger partial charge in [-0.2, -0.15) is 0 Å². The summed E-state index contributed by atoms with van der Waals surface area (Å²) in [5.41, 5.74) is 8.44. The lowest BCUT2D eigenvalue weighted by Crippen LogP contribution is -2.16. The fourth-order valence-corrected chi connectivity index (χ4v) is 2.18. The number of imidazole rings is 1. The van der Waals surface area contributed by atoms with Crippen molar-refractivity contribution >= 4 is 11.0 Å². The van der Waals surface area contributed by atoms with Crippen LogP contribution in [0.3, 0.4) is 0 Å². The molecule has 0 spiro atoms. The Balaban J connectivity index is 2.44. The van der Waals surface area contributed by atoms with Crippen molar-refractivity contribution < 1.29 is 0 Å². The molecule has 3 heteroatoms. The molecule has 0 amide bonds. The van der Waals surface area contributed by atoms with Crippen LogP contribution < -0.4 is 5.73 Å². The average Bonchev–Trinajstić information content (AvgIpc) is 2.74. The largest absolute Gasteiger partial charge is 0.327 e. The van der Waals surface area contributed by atoms with Crippen LogP contribution in [-0.4, -0.2) is 9.55 Å². The first-order chi connectivity index (χ1) is 8.63. The van der Waals surface area contributed by atoms with E-state index in [1.54, 1.807) is 0 Å². The van der Waals surface area contributed by atoms with Crippen LogP contribution in [0.15, 0.2) is 24.3 Å². The summed E-state index contributed by atoms with van der Waals surface area (Å²) in [4.78, 5) is 4.70. The zero-order valence-electron chi connectivity index (χ0n) is 11.6. The highest BCUT2D eigenvalue weighted by molar-refractivity contribution is 5.76. The van der Waals surface area contributed by atoms with Crippen molar-refractivity contribution in [1.82, 2.24) is 9.55 Å². The Labute approximate surface area is 109 Å². The van der Waals surface area contributed by atoms with E-state index in [1.807, 2.05) is 6.07 Å². The molecule has 2 aromatic rings. The Morgan fingerprint density at radius 3 is 2.67 bits per heavy atom. The zero-order chi connectivity index (χ0) is 13.1. The van der Waals surface area contributed by atoms with Crippen LogP contribution in [0, 0.1) is 5.92 Å². The summed E-state index contributed by atoms with van der Waals surface area (Å²) in [5, 5.41) is 0. The minimum atomic E-state index is 0.0320. The highest BCUT2D eigenvalue weighted by Crippen LogP contribution is 2.22. The first-order valence-corrected chi connectivity index (χ1v) is 6.84. The van der Waals surface area contributed by atoms with E-state index in [-0.39, 0.29) is 6.04 Å². The molecule has 0 radical (unpaired) electrons. The predicted molar refractivity (Wildman–Crippen MR) is 76.4 cm³/mol. The summed E-state index contributed by atoms with van der Waals surface area (Å²) in [6, 6.07) is 8.33. The Hall–Kier alpha value is -1.35. The second kappa shape index (κ2) is 5.53. The van der Waals surface area contributed by atoms with E-state index >= 15 is 0 Å². The summed E-state index contributed by atoms with van der Waals surface area (Å²) < 4.78 is 2.30. The predicted octanol–water partition coefficient (Wildman–Crippen LogP) is 3.49. The number of rotatable bonds is 5. The summed E-state index contributed by atoms with van der Waals surface area (Å²) in [5.74, 6) is 1.72. The topological polar surface area (TPSA) is 43.8 Å². The Morgan fingerprint density at radius 2 is 2.00 bits per heavy atom. The van der Waals surface area contributed by atoms with E-state index in [0.29, 0.717) is 5.92 Å². The van der Waals surface area contributed by atoms with Gasteiger partial charge < -0.3 is 10.3 Å². The van der Waals surface area contributed by atoms with Gasteiger partial charge in [-0.25, -0.2) is 4.98 Å². The summed E-state index contributed by atoms with van der Waals surface area (Å²) >= 11 is 0. The van der Waals surface area contributed by atoms with Gasteiger partial charge in [0.2, 0.25) is 0 Å². The molecule has 0 aliphatic rings. The highest BCUT2D eigenvalue weighted by Gasteiger charge is 2.15. The van der Waals surface area contributed by atoms with E-state index in [2.05, 4.69) is 43.5 Å². The van der Waals surface area contributed by atoms with Gasteiger partial charge in [-0.05, 0) is 30.9 Å². The second-order valence-electron chi connectivity index (χ2n) is 5.31. The lowest BCUT2D eigenvalue weighted by molar-refractivity contribution is 0.496. The SMILES string of the molecule is CCC(N)c1nc2ccccc2n1CCC(C)C. The summed E-state index contributed by atoms with van der Waals surface area (Å²) in [7, 11) is 0. The maximum Gasteiger partial charge on any atom is 0.126 e. The molecular weight excluding hydrogens is 222 g/mol. The third-order valence-electron chi connectivity index (χ3n) is 3.39. The summed E-state index contributed by atoms with van der Waals surface area (Å²) in [6.07, 6.45) is 2.08. The van der Waals surface area contributed by atoms with E-state index in [1.165, 1.54) is 5.52 Å². The second-order valence-corrected chi connectivity index (χ2v) is 5.31. The molecule has 0 aliphatic heterocycles. The minimum absolute atomic E-state index is 0.0320. The van der Waals surface area contributed by atoms with Gasteiger partial charge >= 0.3 is 0 Å². The van der Waals surface area contributed by atoms with Crippen molar-refractivity contribution in [2.45, 2.75) is 46.2 Å². The molecule has 1 heterocycles. The first kappa shape index (κ1) is 13.1. The van der Waals surface area contributed by atoms with Crippen LogP contribution in [0.25, 0.3) is 11.0 Å². The van der Waals surface area contributed by atoms with Crippen molar-refractivity contribution in [3.63, 3.8) is 0 Å². The molecule has 0 saturated heterocycles. The highest BCUT2D eigenvalue weighted by atomic mass is 15.1. The van der Waals surface area contributed by atoms with Crippen LogP contribution in [0.5, 0.6) is 0 Å². The molecule has 2 N–H and O–H groups in total. The molecule has 98 valence electrons. The third kappa shape index (κ3) is 2.56. The number of aromatic nitrogens is 2. The van der Waals surface area contributed by atoms with E-state index in [4.69, 9.17) is 10.7 Å². The number of para-hydroxylation sites is 2. The molecule has 3 nitrogen and oxygen atoms in total. The molecule has 1 aromatic heterocycles. The molecule has 1 unspecified atom stereocenters. The maximum absolute atomic E-state index is 6.18. The number of aryl methyl sites for hydroxylation is 1. The lowest BCUT2D eigenvalue weighted by Gasteiger charge is -2.14. The fourth-order valence-electron chi connectivity index (χ4n) is 2.18. The van der Waals surface area contributed by atoms with Crippen LogP contribution in [0.2, 0.25) is 0 Å². The molecule has 1 aromatic carbocycles. The van der Waals surface area contributed by atoms with Gasteiger partial charge in [0.15, 0.2) is 0 Å². The number of benzene rings is 1. The van der Waals surface area contributed by atoms with Crippen LogP contribution in [-0.2, 0) is 6.54 Å². The fraction of sp³-hybridized carbons (Fsp3) is 0.533. The minimum Gasteiger partial charge on any atom is -0.327 e. The zero-order valence-corrected chi connectivity index (χ0v) is 11.6. The smallest absolute Gasteiger partial charge is 0.126 e. The quantitative estimate of drug-likeness (QED) is 0.876. The monoisotopic (exact) mass is 245 g/mol. The van der Waals surface area contributed by atoms with Crippen molar-refractivity contribution in [2.24, 2.45) is 11.7 Å². The lowest BCUT2D eigenvalue weighted by atomic mass is 10.1. The molecule has 18 heavy (non-hydrogen) atoms. The summed E-state index contributed by atoms with van der Waals surface area (Å²) in [6.45, 7) is 7.61. The molecule has 2 rings (SSSR count). The molecule has 0 aliphatic carbocycles. The Bertz CT molecular complexity index is 513. The van der Waals surface area contributed by atoms with Crippen molar-refractivity contribution in [2.75, 3.05) is 0 Å². The molecular formula is C15H23N3. The van der Waals surface area contributed by atoms with Gasteiger partial charge in [0, 0.05) is 6.54 Å². The Kier molecular flexibility index (Phi) is 4.02. The first-order valence-electron chi connectivity index (χ1n) is 6.84. The van der Waals surface area contributed by atoms with E-state index in [9.17, 15) is 0 Å². The van der Waals surface area contributed by atoms with Crippen LogP contribution >= 0.6 is 0 Å². The third-order valence-corrected chi connectivity index (χ3v) is 3.39. The van der Waals surface area contributed by atoms with Gasteiger partial charge in [0.1, 0.15) is 5.82 Å². The molecule has 0 saturated carbocycles. The van der Waals surface area contributed by atoms with Crippen molar-refractivity contribution in [1.29, 1.82) is 0 Å². The number of fused-ring (bicyclic) bond motifs is 1. The standard InChI is InChI=1S/C15H23N3/c1-4-12(16)15-17-13-7-5-6-8-14(13)18(15)10-9-11(2)3/h5-8,11-12H,4,9-10,16H2,1-3H3. The number of nitrogens with two attached hydrogens (primary N) is 1. The van der Waals surface area contributed by atoms with Crippen molar-refractivity contribution in [3.05, 3.63) is 30.1 Å². The van der Waals surface area contributed by atoms with Gasteiger partial charge in [-0.15, -0.1) is 0 Å². The van der Waals surface area contributed by atoms with Gasteiger partial charge in [-0.1, -0.05) is 32.9 Å². The number of hydrogen-bond donors (Lipinski definition) is 1. The number of hydrogen-bond acceptors (Lipinski definition) is 2. The van der Waals surface area contributed by atoms with Crippen LogP contribution in [0.1, 0.15) is 45.5 Å². The van der Waals surface area contributed by atoms with Crippen molar-refractivity contribution in [3.8, 4) is 0 Å². The van der Waals surface area contributed by atoms with Crippen LogP contribution in [0.4, 0.5) is 0 Å². The van der Waals surface area contributed by atoms with E-state index < -0.39 is 0 Å². The normalized spacial score (nSPS) is 13.4. The van der Waals surface area contributed by atoms with E-state index in [0.717, 1.165) is 30.7 Å². The van der Waals surface area contributed by atoms with Gasteiger partial charge in [-0.3, -0.25) is 0 Å². The van der Waals surface area contributed by atoms with Gasteiger partial charge in [0.25, 0.3) is 0 Å². The molecule has 0 fully saturated rings. The average molecular weight is 245 g/mol. The van der Waals surface area contributed by atoms with Gasteiger partial charge in [0.05, 0.1) is 17.1 Å². The maximum atomic E-state index is 6.18. The molecule has 1 atom stereocenters. The Morgan fingerprint density at radius 1 is 1.28 bits per heavy atom.